The molecule has 0 spiro atoms. The molecule has 29 heavy (non-hydrogen) atoms. The van der Waals surface area contributed by atoms with E-state index in [9.17, 15) is 4.79 Å². The number of carbonyl (C=O) groups is 1. The molecule has 0 amide bonds. The van der Waals surface area contributed by atoms with E-state index in [1.165, 1.54) is 0 Å². The zero-order valence-electron chi connectivity index (χ0n) is 15.5. The molecule has 2 aromatic carbocycles. The van der Waals surface area contributed by atoms with Gasteiger partial charge in [-0.25, -0.2) is 9.78 Å². The molecule has 1 aliphatic heterocycles. The minimum atomic E-state index is -0.481. The van der Waals surface area contributed by atoms with Crippen LogP contribution in [0.5, 0.6) is 11.5 Å². The lowest BCUT2D eigenvalue weighted by molar-refractivity contribution is 0.0556. The molecule has 1 aromatic heterocycles. The topological polar surface area (TPSA) is 81.4 Å². The first-order valence-corrected chi connectivity index (χ1v) is 9.31. The molecule has 0 atom stereocenters. The minimum absolute atomic E-state index is 0.236. The average Bonchev–Trinajstić information content (AvgIpc) is 3.37. The summed E-state index contributed by atoms with van der Waals surface area (Å²) >= 11 is 0. The maximum atomic E-state index is 12.7. The summed E-state index contributed by atoms with van der Waals surface area (Å²) in [5, 5.41) is 9.52. The van der Waals surface area contributed by atoms with E-state index in [2.05, 4.69) is 6.08 Å². The normalized spacial score (nSPS) is 15.3. The maximum absolute atomic E-state index is 12.7. The molecule has 2 heterocycles. The number of nitrogens with zero attached hydrogens (tertiary/aromatic N) is 2. The standard InChI is InChI=1S/C23H16N2O4/c24-9-10-27-23(26)21-16-3-1-2-4-18(16)25-22-15(6-7-17(21)22)11-14-5-8-19-20(12-14)29-13-28-19/h1-5,8,11-12H,6-7,10,13H2/b15-11-. The highest BCUT2D eigenvalue weighted by atomic mass is 16.7. The van der Waals surface area contributed by atoms with E-state index in [0.717, 1.165) is 51.2 Å². The Morgan fingerprint density at radius 1 is 1.17 bits per heavy atom. The molecule has 3 aromatic rings. The molecule has 6 heteroatoms. The molecule has 0 saturated heterocycles. The average molecular weight is 384 g/mol. The van der Waals surface area contributed by atoms with Crippen LogP contribution in [0.15, 0.2) is 42.5 Å². The van der Waals surface area contributed by atoms with Gasteiger partial charge in [-0.05, 0) is 53.8 Å². The molecule has 5 rings (SSSR count). The first-order chi connectivity index (χ1) is 14.2. The highest BCUT2D eigenvalue weighted by Gasteiger charge is 2.27. The number of benzene rings is 2. The summed E-state index contributed by atoms with van der Waals surface area (Å²) in [6.07, 6.45) is 3.53. The van der Waals surface area contributed by atoms with Crippen LogP contribution in [0.4, 0.5) is 0 Å². The zero-order valence-corrected chi connectivity index (χ0v) is 15.5. The second kappa shape index (κ2) is 6.95. The van der Waals surface area contributed by atoms with Crippen LogP contribution in [0.25, 0.3) is 22.6 Å². The van der Waals surface area contributed by atoms with Crippen LogP contribution in [0.3, 0.4) is 0 Å². The number of pyridine rings is 1. The number of aromatic nitrogens is 1. The van der Waals surface area contributed by atoms with E-state index in [1.54, 1.807) is 0 Å². The van der Waals surface area contributed by atoms with Gasteiger partial charge in [-0.15, -0.1) is 0 Å². The van der Waals surface area contributed by atoms with Crippen LogP contribution >= 0.6 is 0 Å². The molecule has 0 N–H and O–H groups in total. The number of para-hydroxylation sites is 1. The molecule has 142 valence electrons. The van der Waals surface area contributed by atoms with E-state index in [4.69, 9.17) is 24.5 Å². The number of esters is 1. The third-order valence-corrected chi connectivity index (χ3v) is 5.15. The van der Waals surface area contributed by atoms with Gasteiger partial charge in [0.2, 0.25) is 6.79 Å². The van der Waals surface area contributed by atoms with Crippen LogP contribution in [-0.2, 0) is 11.2 Å². The summed E-state index contributed by atoms with van der Waals surface area (Å²) in [6.45, 7) is -0.0376. The predicted octanol–water partition coefficient (Wildman–Crippen LogP) is 4.13. The molecule has 6 nitrogen and oxygen atoms in total. The van der Waals surface area contributed by atoms with Crippen LogP contribution in [0.2, 0.25) is 0 Å². The van der Waals surface area contributed by atoms with Gasteiger partial charge in [0.15, 0.2) is 18.1 Å². The molecule has 1 aliphatic carbocycles. The first kappa shape index (κ1) is 17.3. The number of rotatable bonds is 3. The van der Waals surface area contributed by atoms with Crippen molar-refractivity contribution in [1.82, 2.24) is 4.98 Å². The highest BCUT2D eigenvalue weighted by molar-refractivity contribution is 6.07. The third kappa shape index (κ3) is 2.97. The summed E-state index contributed by atoms with van der Waals surface area (Å²) in [5.74, 6) is 0.987. The number of ether oxygens (including phenoxy) is 3. The summed E-state index contributed by atoms with van der Waals surface area (Å²) in [5.41, 5.74) is 4.96. The Kier molecular flexibility index (Phi) is 4.14. The van der Waals surface area contributed by atoms with E-state index in [0.29, 0.717) is 12.0 Å². The van der Waals surface area contributed by atoms with Crippen molar-refractivity contribution in [3.8, 4) is 17.6 Å². The van der Waals surface area contributed by atoms with Crippen molar-refractivity contribution >= 4 is 28.5 Å². The first-order valence-electron chi connectivity index (χ1n) is 9.31. The number of hydrogen-bond acceptors (Lipinski definition) is 6. The van der Waals surface area contributed by atoms with Crippen molar-refractivity contribution in [2.24, 2.45) is 0 Å². The molecule has 2 aliphatic rings. The Bertz CT molecular complexity index is 1220. The second-order valence-corrected chi connectivity index (χ2v) is 6.85. The van der Waals surface area contributed by atoms with Crippen molar-refractivity contribution in [1.29, 1.82) is 5.26 Å². The lowest BCUT2D eigenvalue weighted by atomic mass is 10.0. The van der Waals surface area contributed by atoms with Crippen molar-refractivity contribution in [2.45, 2.75) is 12.8 Å². The molecule has 0 unspecified atom stereocenters. The van der Waals surface area contributed by atoms with Crippen LogP contribution < -0.4 is 9.47 Å². The fourth-order valence-electron chi connectivity index (χ4n) is 3.89. The number of hydrogen-bond donors (Lipinski definition) is 0. The lowest BCUT2D eigenvalue weighted by Crippen LogP contribution is -2.10. The van der Waals surface area contributed by atoms with Crippen LogP contribution in [0.1, 0.15) is 33.6 Å². The molecule has 0 saturated carbocycles. The van der Waals surface area contributed by atoms with Gasteiger partial charge in [-0.3, -0.25) is 0 Å². The van der Waals surface area contributed by atoms with Gasteiger partial charge in [0, 0.05) is 5.39 Å². The Hall–Kier alpha value is -3.85. The Morgan fingerprint density at radius 3 is 2.93 bits per heavy atom. The fourth-order valence-corrected chi connectivity index (χ4v) is 3.89. The molecule has 0 radical (unpaired) electrons. The summed E-state index contributed by atoms with van der Waals surface area (Å²) in [6, 6.07) is 15.2. The monoisotopic (exact) mass is 384 g/mol. The van der Waals surface area contributed by atoms with Gasteiger partial charge in [-0.1, -0.05) is 24.3 Å². The van der Waals surface area contributed by atoms with Crippen LogP contribution in [0, 0.1) is 11.3 Å². The van der Waals surface area contributed by atoms with Gasteiger partial charge in [0.1, 0.15) is 6.07 Å². The summed E-state index contributed by atoms with van der Waals surface area (Å²) in [4.78, 5) is 17.6. The van der Waals surface area contributed by atoms with Crippen molar-refractivity contribution < 1.29 is 19.0 Å². The van der Waals surface area contributed by atoms with E-state index >= 15 is 0 Å². The van der Waals surface area contributed by atoms with Crippen molar-refractivity contribution in [2.75, 3.05) is 13.4 Å². The fraction of sp³-hybridized carbons (Fsp3) is 0.174. The molecular weight excluding hydrogens is 368 g/mol. The predicted molar refractivity (Wildman–Crippen MR) is 106 cm³/mol. The SMILES string of the molecule is N#CCOC(=O)c1c2c(nc3ccccc13)/C(=C\c1ccc3c(c1)OCO3)CC2. The van der Waals surface area contributed by atoms with E-state index in [1.807, 2.05) is 48.5 Å². The number of nitriles is 1. The van der Waals surface area contributed by atoms with Gasteiger partial charge >= 0.3 is 5.97 Å². The highest BCUT2D eigenvalue weighted by Crippen LogP contribution is 2.39. The third-order valence-electron chi connectivity index (χ3n) is 5.15. The molecule has 0 bridgehead atoms. The number of allylic oxidation sites excluding steroid dienone is 1. The Morgan fingerprint density at radius 2 is 2.03 bits per heavy atom. The van der Waals surface area contributed by atoms with Gasteiger partial charge in [-0.2, -0.15) is 5.26 Å². The number of fused-ring (bicyclic) bond motifs is 3. The quantitative estimate of drug-likeness (QED) is 0.632. The van der Waals surface area contributed by atoms with Crippen molar-refractivity contribution in [3.05, 3.63) is 64.8 Å². The molecular formula is C23H16N2O4. The smallest absolute Gasteiger partial charge is 0.340 e. The van der Waals surface area contributed by atoms with E-state index < -0.39 is 5.97 Å². The Labute approximate surface area is 167 Å². The van der Waals surface area contributed by atoms with Gasteiger partial charge < -0.3 is 14.2 Å². The molecule has 0 fully saturated rings. The maximum Gasteiger partial charge on any atom is 0.340 e. The lowest BCUT2D eigenvalue weighted by Gasteiger charge is -2.11. The summed E-state index contributed by atoms with van der Waals surface area (Å²) in [7, 11) is 0. The minimum Gasteiger partial charge on any atom is -0.454 e. The van der Waals surface area contributed by atoms with Crippen LogP contribution in [-0.4, -0.2) is 24.4 Å². The summed E-state index contributed by atoms with van der Waals surface area (Å²) < 4.78 is 16.0. The largest absolute Gasteiger partial charge is 0.454 e. The van der Waals surface area contributed by atoms with Gasteiger partial charge in [0.25, 0.3) is 0 Å². The van der Waals surface area contributed by atoms with E-state index in [-0.39, 0.29) is 13.4 Å². The van der Waals surface area contributed by atoms with Gasteiger partial charge in [0.05, 0.1) is 16.8 Å². The second-order valence-electron chi connectivity index (χ2n) is 6.85. The zero-order chi connectivity index (χ0) is 19.8. The number of carbonyl (C=O) groups excluding carboxylic acids is 1. The van der Waals surface area contributed by atoms with Crippen molar-refractivity contribution in [3.63, 3.8) is 0 Å². The Balaban J connectivity index is 1.63.